The Bertz CT molecular complexity index is 1290. The minimum absolute atomic E-state index is 1.27. The molecule has 0 aliphatic carbocycles. The van der Waals surface area contributed by atoms with Crippen molar-refractivity contribution in [1.82, 2.24) is 0 Å². The molecule has 0 spiro atoms. The van der Waals surface area contributed by atoms with Gasteiger partial charge in [-0.2, -0.15) is 0 Å². The SMILES string of the molecule is C[Si](C)(C)c1ccc(-c2ccc3c4ccccc4c4ccccc4c3c2)cc1. The lowest BCUT2D eigenvalue weighted by Gasteiger charge is -2.17. The van der Waals surface area contributed by atoms with E-state index >= 15 is 0 Å². The Morgan fingerprint density at radius 2 is 0.857 bits per heavy atom. The molecule has 0 aliphatic heterocycles. The number of rotatable bonds is 2. The van der Waals surface area contributed by atoms with Gasteiger partial charge in [-0.15, -0.1) is 0 Å². The van der Waals surface area contributed by atoms with E-state index in [9.17, 15) is 0 Å². The van der Waals surface area contributed by atoms with Gasteiger partial charge < -0.3 is 0 Å². The predicted octanol–water partition coefficient (Wildman–Crippen LogP) is 7.36. The lowest BCUT2D eigenvalue weighted by molar-refractivity contribution is 1.64. The van der Waals surface area contributed by atoms with Crippen LogP contribution in [0.15, 0.2) is 91.0 Å². The zero-order valence-electron chi connectivity index (χ0n) is 16.7. The predicted molar refractivity (Wildman–Crippen MR) is 127 cm³/mol. The van der Waals surface area contributed by atoms with E-state index in [4.69, 9.17) is 0 Å². The quantitative estimate of drug-likeness (QED) is 0.223. The van der Waals surface area contributed by atoms with E-state index in [1.54, 1.807) is 0 Å². The van der Waals surface area contributed by atoms with E-state index in [1.807, 2.05) is 0 Å². The molecule has 0 unspecified atom stereocenters. The van der Waals surface area contributed by atoms with Gasteiger partial charge in [-0.3, -0.25) is 0 Å². The van der Waals surface area contributed by atoms with Gasteiger partial charge in [0.2, 0.25) is 0 Å². The second-order valence-electron chi connectivity index (χ2n) is 8.68. The molecule has 0 N–H and O–H groups in total. The lowest BCUT2D eigenvalue weighted by atomic mass is 9.92. The van der Waals surface area contributed by atoms with Crippen LogP contribution in [0, 0.1) is 0 Å². The van der Waals surface area contributed by atoms with Crippen LogP contribution in [0.4, 0.5) is 0 Å². The second-order valence-corrected chi connectivity index (χ2v) is 13.8. The molecule has 0 saturated carbocycles. The van der Waals surface area contributed by atoms with Crippen LogP contribution in [0.5, 0.6) is 0 Å². The highest BCUT2D eigenvalue weighted by Crippen LogP contribution is 2.36. The summed E-state index contributed by atoms with van der Waals surface area (Å²) in [4.78, 5) is 0. The van der Waals surface area contributed by atoms with Crippen molar-refractivity contribution in [3.8, 4) is 11.1 Å². The van der Waals surface area contributed by atoms with Gasteiger partial charge in [0.25, 0.3) is 0 Å². The van der Waals surface area contributed by atoms with Crippen molar-refractivity contribution < 1.29 is 0 Å². The number of hydrogen-bond donors (Lipinski definition) is 0. The molecular weight excluding hydrogens is 352 g/mol. The summed E-state index contributed by atoms with van der Waals surface area (Å²) >= 11 is 0. The van der Waals surface area contributed by atoms with Gasteiger partial charge in [0.1, 0.15) is 0 Å². The largest absolute Gasteiger partial charge is 0.0775 e. The third-order valence-electron chi connectivity index (χ3n) is 5.83. The summed E-state index contributed by atoms with van der Waals surface area (Å²) in [5.41, 5.74) is 2.58. The number of benzene rings is 5. The van der Waals surface area contributed by atoms with E-state index in [1.165, 1.54) is 48.6 Å². The zero-order chi connectivity index (χ0) is 19.3. The Morgan fingerprint density at radius 1 is 0.429 bits per heavy atom. The smallest absolute Gasteiger partial charge is 0.0656 e. The van der Waals surface area contributed by atoms with Crippen LogP contribution in [0.1, 0.15) is 0 Å². The van der Waals surface area contributed by atoms with Crippen LogP contribution in [-0.2, 0) is 0 Å². The highest BCUT2D eigenvalue weighted by atomic mass is 28.3. The molecule has 5 aromatic carbocycles. The third-order valence-corrected chi connectivity index (χ3v) is 7.89. The average molecular weight is 377 g/mol. The molecule has 0 amide bonds. The van der Waals surface area contributed by atoms with E-state index in [0.717, 1.165) is 0 Å². The van der Waals surface area contributed by atoms with Crippen molar-refractivity contribution in [1.29, 1.82) is 0 Å². The van der Waals surface area contributed by atoms with Crippen molar-refractivity contribution >= 4 is 45.6 Å². The normalized spacial score (nSPS) is 12.1. The third kappa shape index (κ3) is 2.74. The highest BCUT2D eigenvalue weighted by molar-refractivity contribution is 6.88. The van der Waals surface area contributed by atoms with Gasteiger partial charge in [0.15, 0.2) is 0 Å². The summed E-state index contributed by atoms with van der Waals surface area (Å²) in [6.45, 7) is 7.19. The number of hydrogen-bond acceptors (Lipinski definition) is 0. The Morgan fingerprint density at radius 3 is 1.36 bits per heavy atom. The molecule has 0 radical (unpaired) electrons. The summed E-state index contributed by atoms with van der Waals surface area (Å²) in [6, 6.07) is 33.7. The topological polar surface area (TPSA) is 0 Å². The summed E-state index contributed by atoms with van der Waals surface area (Å²) in [5.74, 6) is 0. The first-order valence-corrected chi connectivity index (χ1v) is 13.5. The average Bonchev–Trinajstić information content (AvgIpc) is 2.73. The standard InChI is InChI=1S/C27H24Si/c1-28(2,3)21-15-12-19(13-16-21)20-14-17-26-24-10-5-4-8-22(24)23-9-6-7-11-25(23)27(26)18-20/h4-18H,1-3H3. The highest BCUT2D eigenvalue weighted by Gasteiger charge is 2.16. The molecule has 136 valence electrons. The van der Waals surface area contributed by atoms with Crippen LogP contribution >= 0.6 is 0 Å². The van der Waals surface area contributed by atoms with Crippen molar-refractivity contribution in [3.63, 3.8) is 0 Å². The molecule has 28 heavy (non-hydrogen) atoms. The molecule has 5 aromatic rings. The van der Waals surface area contributed by atoms with E-state index in [-0.39, 0.29) is 0 Å². The molecule has 5 rings (SSSR count). The lowest BCUT2D eigenvalue weighted by Crippen LogP contribution is -2.37. The van der Waals surface area contributed by atoms with E-state index < -0.39 is 8.07 Å². The minimum atomic E-state index is -1.27. The van der Waals surface area contributed by atoms with Crippen LogP contribution in [0.25, 0.3) is 43.4 Å². The van der Waals surface area contributed by atoms with Gasteiger partial charge in [-0.05, 0) is 49.5 Å². The molecule has 1 heteroatoms. The molecule has 0 atom stereocenters. The fourth-order valence-electron chi connectivity index (χ4n) is 4.25. The summed E-state index contributed by atoms with van der Waals surface area (Å²) in [5, 5.41) is 9.49. The Hall–Kier alpha value is -2.90. The molecule has 0 aromatic heterocycles. The van der Waals surface area contributed by atoms with E-state index in [0.29, 0.717) is 0 Å². The zero-order valence-corrected chi connectivity index (χ0v) is 17.7. The van der Waals surface area contributed by atoms with Gasteiger partial charge in [0.05, 0.1) is 8.07 Å². The van der Waals surface area contributed by atoms with E-state index in [2.05, 4.69) is 111 Å². The van der Waals surface area contributed by atoms with Crippen LogP contribution < -0.4 is 5.19 Å². The molecule has 0 saturated heterocycles. The first-order valence-electron chi connectivity index (χ1n) is 9.96. The maximum atomic E-state index is 2.40. The van der Waals surface area contributed by atoms with Gasteiger partial charge >= 0.3 is 0 Å². The molecule has 0 nitrogen and oxygen atoms in total. The first kappa shape index (κ1) is 17.2. The van der Waals surface area contributed by atoms with Crippen molar-refractivity contribution in [3.05, 3.63) is 91.0 Å². The van der Waals surface area contributed by atoms with Crippen molar-refractivity contribution in [2.45, 2.75) is 19.6 Å². The van der Waals surface area contributed by atoms with Crippen LogP contribution in [-0.4, -0.2) is 8.07 Å². The molecular formula is C27H24Si. The van der Waals surface area contributed by atoms with Crippen LogP contribution in [0.2, 0.25) is 19.6 Å². The Balaban J connectivity index is 1.78. The number of fused-ring (bicyclic) bond motifs is 6. The fraction of sp³-hybridized carbons (Fsp3) is 0.111. The monoisotopic (exact) mass is 376 g/mol. The summed E-state index contributed by atoms with van der Waals surface area (Å²) < 4.78 is 0. The van der Waals surface area contributed by atoms with Gasteiger partial charge in [-0.1, -0.05) is 110 Å². The van der Waals surface area contributed by atoms with Crippen molar-refractivity contribution in [2.75, 3.05) is 0 Å². The Kier molecular flexibility index (Phi) is 3.89. The van der Waals surface area contributed by atoms with Gasteiger partial charge in [0, 0.05) is 0 Å². The summed E-state index contributed by atoms with van der Waals surface area (Å²) in [7, 11) is -1.27. The fourth-order valence-corrected chi connectivity index (χ4v) is 5.42. The van der Waals surface area contributed by atoms with Crippen LogP contribution in [0.3, 0.4) is 0 Å². The van der Waals surface area contributed by atoms with Crippen molar-refractivity contribution in [2.24, 2.45) is 0 Å². The molecule has 0 fully saturated rings. The molecule has 0 bridgehead atoms. The first-order chi connectivity index (χ1) is 13.5. The Labute approximate surface area is 167 Å². The summed E-state index contributed by atoms with van der Waals surface area (Å²) in [6.07, 6.45) is 0. The maximum Gasteiger partial charge on any atom is 0.0775 e. The molecule has 0 aliphatic rings. The minimum Gasteiger partial charge on any atom is -0.0656 e. The van der Waals surface area contributed by atoms with Gasteiger partial charge in [-0.25, -0.2) is 0 Å². The second kappa shape index (κ2) is 6.32. The molecule has 0 heterocycles. The maximum absolute atomic E-state index is 2.40.